The van der Waals surface area contributed by atoms with Crippen LogP contribution < -0.4 is 26.9 Å². The van der Waals surface area contributed by atoms with Gasteiger partial charge in [-0.15, -0.1) is 0 Å². The van der Waals surface area contributed by atoms with Crippen molar-refractivity contribution in [3.63, 3.8) is 0 Å². The molecule has 9 heteroatoms. The number of carbonyl (C=O) groups excluding carboxylic acids is 1. The van der Waals surface area contributed by atoms with Crippen LogP contribution in [-0.4, -0.2) is 56.4 Å². The molecule has 5 aromatic rings. The SMILES string of the molecule is C=CC(=O)N1CC2[I-][C@H]1CN2Cc1ccc(-n2c(-c3cccnc3N)nc3ccc(-c4ccccc4)nc32)cc1. The van der Waals surface area contributed by atoms with Crippen LogP contribution in [0, 0.1) is 0 Å². The Balaban J connectivity index is 1.24. The van der Waals surface area contributed by atoms with E-state index in [0.717, 1.165) is 53.3 Å². The van der Waals surface area contributed by atoms with E-state index in [1.54, 1.807) is 6.20 Å². The van der Waals surface area contributed by atoms with E-state index in [-0.39, 0.29) is 27.1 Å². The second-order valence-electron chi connectivity index (χ2n) is 9.90. The van der Waals surface area contributed by atoms with Crippen molar-refractivity contribution in [2.75, 3.05) is 18.8 Å². The maximum atomic E-state index is 12.1. The minimum atomic E-state index is -0.0595. The number of piperazine rings is 1. The summed E-state index contributed by atoms with van der Waals surface area (Å²) in [4.78, 5) is 31.0. The number of nitrogen functional groups attached to an aromatic ring is 1. The molecule has 40 heavy (non-hydrogen) atoms. The van der Waals surface area contributed by atoms with Crippen LogP contribution in [0.25, 0.3) is 39.5 Å². The molecule has 0 aliphatic carbocycles. The van der Waals surface area contributed by atoms with Gasteiger partial charge in [-0.1, -0.05) is 30.3 Å². The number of fused-ring (bicyclic) bond motifs is 3. The summed E-state index contributed by atoms with van der Waals surface area (Å²) in [5, 5.41) is 0. The Morgan fingerprint density at radius 2 is 1.80 bits per heavy atom. The van der Waals surface area contributed by atoms with Gasteiger partial charge in [0.15, 0.2) is 0 Å². The first kappa shape index (κ1) is 24.9. The van der Waals surface area contributed by atoms with Crippen LogP contribution >= 0.6 is 0 Å². The Hall–Kier alpha value is -4.09. The molecule has 2 atom stereocenters. The fourth-order valence-electron chi connectivity index (χ4n) is 5.45. The molecule has 0 saturated carbocycles. The topological polar surface area (TPSA) is 93.2 Å². The number of halogens is 1. The number of benzene rings is 2. The van der Waals surface area contributed by atoms with Gasteiger partial charge in [-0.3, -0.25) is 0 Å². The van der Waals surface area contributed by atoms with Crippen molar-refractivity contribution in [3.05, 3.63) is 103 Å². The molecule has 1 unspecified atom stereocenters. The first-order valence-electron chi connectivity index (χ1n) is 13.1. The standard InChI is InChI=1S/C31H27IN7O/c1-2-28(40)38-19-26-32-27(38)18-37(26)17-20-10-12-22(13-11-20)39-30(23-9-6-16-34-29(23)33)36-25-15-14-24(35-31(25)39)21-7-4-3-5-8-21/h2-16,26-27H,1,17-19H2,(H2,33,34)/q-1/t26?,27-/m1/s1. The fourth-order valence-corrected chi connectivity index (χ4v) is 9.56. The molecule has 2 bridgehead atoms. The molecule has 7 rings (SSSR count). The molecule has 5 heterocycles. The van der Waals surface area contributed by atoms with E-state index in [1.807, 2.05) is 47.4 Å². The van der Waals surface area contributed by atoms with E-state index in [0.29, 0.717) is 19.7 Å². The molecule has 2 saturated heterocycles. The zero-order valence-electron chi connectivity index (χ0n) is 21.7. The number of hydrogen-bond donors (Lipinski definition) is 1. The minimum absolute atomic E-state index is 0.0595. The van der Waals surface area contributed by atoms with E-state index >= 15 is 0 Å². The number of imidazole rings is 1. The van der Waals surface area contributed by atoms with Crippen molar-refractivity contribution < 1.29 is 26.0 Å². The summed E-state index contributed by atoms with van der Waals surface area (Å²) in [7, 11) is 0. The van der Waals surface area contributed by atoms with Crippen molar-refractivity contribution in [1.82, 2.24) is 29.3 Å². The van der Waals surface area contributed by atoms with Gasteiger partial charge < -0.3 is 0 Å². The van der Waals surface area contributed by atoms with E-state index in [1.165, 1.54) is 11.6 Å². The van der Waals surface area contributed by atoms with E-state index < -0.39 is 0 Å². The van der Waals surface area contributed by atoms with Gasteiger partial charge in [0.1, 0.15) is 0 Å². The molecule has 0 radical (unpaired) electrons. The Morgan fingerprint density at radius 1 is 0.975 bits per heavy atom. The molecule has 200 valence electrons. The Labute approximate surface area is 242 Å². The summed E-state index contributed by atoms with van der Waals surface area (Å²) in [5.41, 5.74) is 12.8. The maximum absolute atomic E-state index is 12.1. The van der Waals surface area contributed by atoms with Crippen molar-refractivity contribution >= 4 is 22.9 Å². The Morgan fingerprint density at radius 3 is 2.52 bits per heavy atom. The average Bonchev–Trinajstić information content (AvgIpc) is 3.70. The first-order valence-corrected chi connectivity index (χ1v) is 15.6. The summed E-state index contributed by atoms with van der Waals surface area (Å²) >= 11 is -0.0595. The number of hydrogen-bond acceptors (Lipinski definition) is 6. The quantitative estimate of drug-likeness (QED) is 0.130. The second-order valence-corrected chi connectivity index (χ2v) is 13.5. The fraction of sp³-hybridized carbons (Fsp3) is 0.161. The van der Waals surface area contributed by atoms with Gasteiger partial charge in [-0.2, -0.15) is 0 Å². The number of amides is 1. The van der Waals surface area contributed by atoms with Crippen LogP contribution in [0.4, 0.5) is 5.82 Å². The van der Waals surface area contributed by atoms with Gasteiger partial charge in [-0.05, 0) is 0 Å². The molecule has 0 spiro atoms. The molecular weight excluding hydrogens is 613 g/mol. The zero-order chi connectivity index (χ0) is 27.2. The van der Waals surface area contributed by atoms with Crippen molar-refractivity contribution in [2.24, 2.45) is 0 Å². The predicted molar refractivity (Wildman–Crippen MR) is 152 cm³/mol. The number of pyridine rings is 2. The van der Waals surface area contributed by atoms with Crippen LogP contribution in [0.2, 0.25) is 0 Å². The van der Waals surface area contributed by atoms with Crippen molar-refractivity contribution in [3.8, 4) is 28.3 Å². The number of anilines is 1. The third kappa shape index (κ3) is 4.35. The number of nitrogens with two attached hydrogens (primary N) is 1. The third-order valence-corrected chi connectivity index (χ3v) is 11.4. The number of nitrogens with zero attached hydrogens (tertiary/aromatic N) is 6. The van der Waals surface area contributed by atoms with E-state index in [2.05, 4.69) is 57.4 Å². The van der Waals surface area contributed by atoms with E-state index in [4.69, 9.17) is 15.7 Å². The summed E-state index contributed by atoms with van der Waals surface area (Å²) in [5.74, 6) is 1.20. The van der Waals surface area contributed by atoms with Gasteiger partial charge in [0.2, 0.25) is 0 Å². The van der Waals surface area contributed by atoms with E-state index in [9.17, 15) is 4.79 Å². The number of alkyl halides is 2. The summed E-state index contributed by atoms with van der Waals surface area (Å²) < 4.78 is 2.97. The molecule has 2 fully saturated rings. The summed E-state index contributed by atoms with van der Waals surface area (Å²) in [6, 6.07) is 26.6. The van der Waals surface area contributed by atoms with Crippen LogP contribution in [-0.2, 0) is 11.3 Å². The average molecular weight is 641 g/mol. The van der Waals surface area contributed by atoms with Crippen LogP contribution in [0.5, 0.6) is 0 Å². The van der Waals surface area contributed by atoms with Gasteiger partial charge >= 0.3 is 207 Å². The monoisotopic (exact) mass is 640 g/mol. The van der Waals surface area contributed by atoms with Crippen molar-refractivity contribution in [1.29, 1.82) is 0 Å². The number of aromatic nitrogens is 4. The molecule has 1 amide bonds. The number of carbonyl (C=O) groups is 1. The van der Waals surface area contributed by atoms with Crippen LogP contribution in [0.3, 0.4) is 0 Å². The zero-order valence-corrected chi connectivity index (χ0v) is 23.8. The van der Waals surface area contributed by atoms with Crippen molar-refractivity contribution in [2.45, 2.75) is 14.6 Å². The van der Waals surface area contributed by atoms with Gasteiger partial charge in [0.25, 0.3) is 0 Å². The Kier molecular flexibility index (Phi) is 6.32. The molecular formula is C31H27IN7O-. The number of rotatable bonds is 6. The van der Waals surface area contributed by atoms with Gasteiger partial charge in [-0.25, -0.2) is 0 Å². The molecule has 3 aromatic heterocycles. The Bertz CT molecular complexity index is 1730. The van der Waals surface area contributed by atoms with Gasteiger partial charge in [0.05, 0.1) is 0 Å². The molecule has 8 nitrogen and oxygen atoms in total. The first-order chi connectivity index (χ1) is 19.6. The van der Waals surface area contributed by atoms with Crippen LogP contribution in [0.15, 0.2) is 97.7 Å². The molecule has 2 N–H and O–H groups in total. The third-order valence-electron chi connectivity index (χ3n) is 7.45. The summed E-state index contributed by atoms with van der Waals surface area (Å²) in [6.45, 7) is 6.31. The molecule has 2 aromatic carbocycles. The van der Waals surface area contributed by atoms with Crippen LogP contribution in [0.1, 0.15) is 5.56 Å². The molecule has 2 aliphatic heterocycles. The van der Waals surface area contributed by atoms with Gasteiger partial charge in [0, 0.05) is 6.20 Å². The molecule has 2 aliphatic rings. The predicted octanol–water partition coefficient (Wildman–Crippen LogP) is 1.32. The summed E-state index contributed by atoms with van der Waals surface area (Å²) in [6.07, 6.45) is 3.13. The second kappa shape index (κ2) is 10.1. The normalized spacial score (nSPS) is 18.6.